The first-order chi connectivity index (χ1) is 11.7. The van der Waals surface area contributed by atoms with E-state index in [0.29, 0.717) is 16.5 Å². The quantitative estimate of drug-likeness (QED) is 0.709. The van der Waals surface area contributed by atoms with Crippen LogP contribution in [-0.2, 0) is 4.79 Å². The number of carbonyl (C=O) groups is 1. The van der Waals surface area contributed by atoms with Crippen LogP contribution < -0.4 is 10.1 Å². The SMILES string of the molecule is O=C(COc1ccccc1-c1ccccc1)Nc1ccccc1Cl. The molecule has 3 nitrogen and oxygen atoms in total. The fraction of sp³-hybridized carbons (Fsp3) is 0.0500. The van der Waals surface area contributed by atoms with Crippen molar-refractivity contribution < 1.29 is 9.53 Å². The van der Waals surface area contributed by atoms with Gasteiger partial charge in [0.2, 0.25) is 0 Å². The van der Waals surface area contributed by atoms with Crippen molar-refractivity contribution in [2.75, 3.05) is 11.9 Å². The highest BCUT2D eigenvalue weighted by Crippen LogP contribution is 2.29. The van der Waals surface area contributed by atoms with Gasteiger partial charge in [-0.3, -0.25) is 4.79 Å². The number of amides is 1. The van der Waals surface area contributed by atoms with E-state index in [2.05, 4.69) is 5.32 Å². The maximum Gasteiger partial charge on any atom is 0.262 e. The van der Waals surface area contributed by atoms with Gasteiger partial charge < -0.3 is 10.1 Å². The molecule has 3 aromatic rings. The average molecular weight is 338 g/mol. The van der Waals surface area contributed by atoms with Crippen molar-refractivity contribution in [1.82, 2.24) is 0 Å². The van der Waals surface area contributed by atoms with E-state index >= 15 is 0 Å². The van der Waals surface area contributed by atoms with Crippen LogP contribution in [-0.4, -0.2) is 12.5 Å². The molecule has 0 aliphatic carbocycles. The Kier molecular flexibility index (Phi) is 5.14. The highest BCUT2D eigenvalue weighted by atomic mass is 35.5. The van der Waals surface area contributed by atoms with Crippen molar-refractivity contribution in [2.24, 2.45) is 0 Å². The number of nitrogens with one attached hydrogen (secondary N) is 1. The molecule has 1 N–H and O–H groups in total. The first-order valence-electron chi connectivity index (χ1n) is 7.55. The Morgan fingerprint density at radius 3 is 2.33 bits per heavy atom. The number of hydrogen-bond donors (Lipinski definition) is 1. The predicted molar refractivity (Wildman–Crippen MR) is 97.5 cm³/mol. The molecule has 0 saturated carbocycles. The number of ether oxygens (including phenoxy) is 1. The second-order valence-corrected chi connectivity index (χ2v) is 5.59. The molecule has 0 fully saturated rings. The number of rotatable bonds is 5. The lowest BCUT2D eigenvalue weighted by Gasteiger charge is -2.12. The topological polar surface area (TPSA) is 38.3 Å². The minimum atomic E-state index is -0.258. The van der Waals surface area contributed by atoms with Gasteiger partial charge in [-0.25, -0.2) is 0 Å². The summed E-state index contributed by atoms with van der Waals surface area (Å²) in [5.74, 6) is 0.406. The highest BCUT2D eigenvalue weighted by Gasteiger charge is 2.09. The number of hydrogen-bond acceptors (Lipinski definition) is 2. The van der Waals surface area contributed by atoms with Crippen LogP contribution in [0.3, 0.4) is 0 Å². The Hall–Kier alpha value is -2.78. The average Bonchev–Trinajstić information content (AvgIpc) is 2.63. The Morgan fingerprint density at radius 2 is 1.54 bits per heavy atom. The summed E-state index contributed by atoms with van der Waals surface area (Å²) < 4.78 is 5.71. The maximum atomic E-state index is 12.1. The molecule has 0 aliphatic rings. The van der Waals surface area contributed by atoms with Crippen molar-refractivity contribution in [2.45, 2.75) is 0 Å². The first-order valence-corrected chi connectivity index (χ1v) is 7.93. The standard InChI is InChI=1S/C20H16ClNO2/c21-17-11-5-6-12-18(17)22-20(23)14-24-19-13-7-4-10-16(19)15-8-2-1-3-9-15/h1-13H,14H2,(H,22,23). The van der Waals surface area contributed by atoms with E-state index in [4.69, 9.17) is 16.3 Å². The van der Waals surface area contributed by atoms with Crippen molar-refractivity contribution in [3.63, 3.8) is 0 Å². The molecule has 0 aromatic heterocycles. The van der Waals surface area contributed by atoms with Gasteiger partial charge in [-0.1, -0.05) is 72.3 Å². The smallest absolute Gasteiger partial charge is 0.262 e. The fourth-order valence-electron chi connectivity index (χ4n) is 2.34. The Balaban J connectivity index is 1.69. The second-order valence-electron chi connectivity index (χ2n) is 5.18. The van der Waals surface area contributed by atoms with E-state index in [-0.39, 0.29) is 12.5 Å². The molecular weight excluding hydrogens is 322 g/mol. The van der Waals surface area contributed by atoms with Gasteiger partial charge in [0.15, 0.2) is 6.61 Å². The molecule has 0 saturated heterocycles. The van der Waals surface area contributed by atoms with Crippen molar-refractivity contribution in [3.8, 4) is 16.9 Å². The summed E-state index contributed by atoms with van der Waals surface area (Å²) in [6.45, 7) is -0.0882. The molecule has 3 rings (SSSR count). The lowest BCUT2D eigenvalue weighted by atomic mass is 10.1. The molecule has 1 amide bonds. The highest BCUT2D eigenvalue weighted by molar-refractivity contribution is 6.33. The number of benzene rings is 3. The van der Waals surface area contributed by atoms with E-state index in [9.17, 15) is 4.79 Å². The molecule has 24 heavy (non-hydrogen) atoms. The molecule has 120 valence electrons. The van der Waals surface area contributed by atoms with Crippen LogP contribution in [0.1, 0.15) is 0 Å². The molecule has 0 radical (unpaired) electrons. The van der Waals surface area contributed by atoms with Crippen LogP contribution in [0.2, 0.25) is 5.02 Å². The molecule has 3 aromatic carbocycles. The minimum absolute atomic E-state index is 0.0882. The summed E-state index contributed by atoms with van der Waals surface area (Å²) >= 11 is 6.04. The van der Waals surface area contributed by atoms with Crippen LogP contribution in [0, 0.1) is 0 Å². The number of carbonyl (C=O) groups excluding carboxylic acids is 1. The third kappa shape index (κ3) is 3.94. The van der Waals surface area contributed by atoms with Gasteiger partial charge >= 0.3 is 0 Å². The van der Waals surface area contributed by atoms with Gasteiger partial charge in [0.25, 0.3) is 5.91 Å². The van der Waals surface area contributed by atoms with E-state index in [1.54, 1.807) is 12.1 Å². The zero-order valence-corrected chi connectivity index (χ0v) is 13.7. The lowest BCUT2D eigenvalue weighted by molar-refractivity contribution is -0.118. The van der Waals surface area contributed by atoms with Crippen LogP contribution in [0.4, 0.5) is 5.69 Å². The molecule has 0 atom stereocenters. The molecular formula is C20H16ClNO2. The summed E-state index contributed by atoms with van der Waals surface area (Å²) in [7, 11) is 0. The van der Waals surface area contributed by atoms with Crippen LogP contribution in [0.5, 0.6) is 5.75 Å². The number of para-hydroxylation sites is 2. The third-order valence-corrected chi connectivity index (χ3v) is 3.81. The van der Waals surface area contributed by atoms with Crippen LogP contribution in [0.25, 0.3) is 11.1 Å². The van der Waals surface area contributed by atoms with Gasteiger partial charge in [-0.05, 0) is 23.8 Å². The monoisotopic (exact) mass is 337 g/mol. The zero-order chi connectivity index (χ0) is 16.8. The second kappa shape index (κ2) is 7.66. The lowest BCUT2D eigenvalue weighted by Crippen LogP contribution is -2.20. The molecule has 0 bridgehead atoms. The normalized spacial score (nSPS) is 10.2. The molecule has 0 aliphatic heterocycles. The fourth-order valence-corrected chi connectivity index (χ4v) is 2.52. The molecule has 0 spiro atoms. The summed E-state index contributed by atoms with van der Waals surface area (Å²) in [4.78, 5) is 12.1. The summed E-state index contributed by atoms with van der Waals surface area (Å²) in [5, 5.41) is 3.24. The van der Waals surface area contributed by atoms with E-state index < -0.39 is 0 Å². The Labute approximate surface area is 145 Å². The Bertz CT molecular complexity index is 834. The van der Waals surface area contributed by atoms with Crippen molar-refractivity contribution >= 4 is 23.2 Å². The van der Waals surface area contributed by atoms with Crippen molar-refractivity contribution in [3.05, 3.63) is 83.9 Å². The summed E-state index contributed by atoms with van der Waals surface area (Å²) in [6.07, 6.45) is 0. The molecule has 4 heteroatoms. The predicted octanol–water partition coefficient (Wildman–Crippen LogP) is 5.02. The first kappa shape index (κ1) is 16.1. The van der Waals surface area contributed by atoms with Crippen LogP contribution in [0.15, 0.2) is 78.9 Å². The van der Waals surface area contributed by atoms with Gasteiger partial charge in [0.1, 0.15) is 5.75 Å². The minimum Gasteiger partial charge on any atom is -0.483 e. The zero-order valence-electron chi connectivity index (χ0n) is 12.9. The van der Waals surface area contributed by atoms with Gasteiger partial charge in [-0.15, -0.1) is 0 Å². The van der Waals surface area contributed by atoms with E-state index in [1.807, 2.05) is 66.7 Å². The maximum absolute atomic E-state index is 12.1. The third-order valence-electron chi connectivity index (χ3n) is 3.48. The summed E-state index contributed by atoms with van der Waals surface area (Å²) in [6, 6.07) is 24.7. The van der Waals surface area contributed by atoms with Crippen molar-refractivity contribution in [1.29, 1.82) is 0 Å². The van der Waals surface area contributed by atoms with Gasteiger partial charge in [0.05, 0.1) is 10.7 Å². The van der Waals surface area contributed by atoms with Crippen LogP contribution >= 0.6 is 11.6 Å². The van der Waals surface area contributed by atoms with E-state index in [1.165, 1.54) is 0 Å². The molecule has 0 unspecified atom stereocenters. The van der Waals surface area contributed by atoms with Gasteiger partial charge in [-0.2, -0.15) is 0 Å². The largest absolute Gasteiger partial charge is 0.483 e. The molecule has 0 heterocycles. The summed E-state index contributed by atoms with van der Waals surface area (Å²) in [5.41, 5.74) is 2.56. The van der Waals surface area contributed by atoms with Gasteiger partial charge in [0, 0.05) is 5.56 Å². The Morgan fingerprint density at radius 1 is 0.875 bits per heavy atom. The van der Waals surface area contributed by atoms with E-state index in [0.717, 1.165) is 11.1 Å². The number of halogens is 1. The number of anilines is 1.